The Morgan fingerprint density at radius 1 is 1.64 bits per heavy atom. The van der Waals surface area contributed by atoms with Gasteiger partial charge in [-0.05, 0) is 19.1 Å². The van der Waals surface area contributed by atoms with Crippen molar-refractivity contribution in [1.82, 2.24) is 4.98 Å². The molecule has 1 unspecified atom stereocenters. The van der Waals surface area contributed by atoms with Gasteiger partial charge in [0, 0.05) is 6.20 Å². The highest BCUT2D eigenvalue weighted by Crippen LogP contribution is 2.14. The van der Waals surface area contributed by atoms with Crippen LogP contribution in [0.25, 0.3) is 0 Å². The second-order valence-electron chi connectivity index (χ2n) is 2.70. The van der Waals surface area contributed by atoms with Gasteiger partial charge in [-0.1, -0.05) is 12.1 Å². The highest BCUT2D eigenvalue weighted by atomic mass is 14.8. The molecule has 2 heteroatoms. The van der Waals surface area contributed by atoms with E-state index in [1.54, 1.807) is 12.3 Å². The Labute approximate surface area is 66.8 Å². The number of aromatic nitrogens is 1. The molecule has 1 rings (SSSR count). The van der Waals surface area contributed by atoms with E-state index in [1.807, 2.05) is 25.1 Å². The molecule has 0 radical (unpaired) electrons. The van der Waals surface area contributed by atoms with Crippen LogP contribution in [0.5, 0.6) is 0 Å². The summed E-state index contributed by atoms with van der Waals surface area (Å²) >= 11 is 0. The number of nitrogens with zero attached hydrogens (tertiary/aromatic N) is 1. The van der Waals surface area contributed by atoms with Crippen LogP contribution in [0.2, 0.25) is 0 Å². The summed E-state index contributed by atoms with van der Waals surface area (Å²) in [6.07, 6.45) is 3.42. The first-order valence-electron chi connectivity index (χ1n) is 3.51. The van der Waals surface area contributed by atoms with Gasteiger partial charge in [0.25, 0.3) is 0 Å². The lowest BCUT2D eigenvalue weighted by atomic mass is 9.99. The van der Waals surface area contributed by atoms with Crippen molar-refractivity contribution in [3.63, 3.8) is 0 Å². The fraction of sp³-hybridized carbons (Fsp3) is 0.222. The number of hydrogen-bond acceptors (Lipinski definition) is 2. The predicted molar refractivity (Wildman–Crippen MR) is 46.0 cm³/mol. The highest BCUT2D eigenvalue weighted by molar-refractivity contribution is 5.19. The van der Waals surface area contributed by atoms with Gasteiger partial charge in [-0.3, -0.25) is 4.98 Å². The predicted octanol–water partition coefficient (Wildman–Crippen LogP) is 1.44. The standard InChI is InChI=1S/C9H12N2/c1-3-9(2,10)8-6-4-5-7-11-8/h3-7H,1,10H2,2H3. The van der Waals surface area contributed by atoms with Crippen LogP contribution in [0.15, 0.2) is 37.1 Å². The Morgan fingerprint density at radius 3 is 2.82 bits per heavy atom. The maximum Gasteiger partial charge on any atom is 0.0737 e. The molecule has 2 N–H and O–H groups in total. The van der Waals surface area contributed by atoms with Crippen LogP contribution < -0.4 is 5.73 Å². The average Bonchev–Trinajstić information content (AvgIpc) is 2.06. The van der Waals surface area contributed by atoms with Crippen LogP contribution in [0.3, 0.4) is 0 Å². The Balaban J connectivity index is 3.02. The summed E-state index contributed by atoms with van der Waals surface area (Å²) in [5, 5.41) is 0. The smallest absolute Gasteiger partial charge is 0.0737 e. The van der Waals surface area contributed by atoms with Crippen LogP contribution >= 0.6 is 0 Å². The van der Waals surface area contributed by atoms with Crippen molar-refractivity contribution >= 4 is 0 Å². The number of pyridine rings is 1. The molecule has 0 aromatic carbocycles. The zero-order chi connectivity index (χ0) is 8.32. The molecule has 0 amide bonds. The number of hydrogen-bond donors (Lipinski definition) is 1. The summed E-state index contributed by atoms with van der Waals surface area (Å²) in [7, 11) is 0. The van der Waals surface area contributed by atoms with Crippen LogP contribution in [0.1, 0.15) is 12.6 Å². The SMILES string of the molecule is C=CC(C)(N)c1ccccn1. The maximum absolute atomic E-state index is 5.86. The van der Waals surface area contributed by atoms with E-state index in [0.717, 1.165) is 5.69 Å². The Kier molecular flexibility index (Phi) is 2.06. The van der Waals surface area contributed by atoms with Crippen molar-refractivity contribution in [3.05, 3.63) is 42.7 Å². The van der Waals surface area contributed by atoms with Gasteiger partial charge in [0.1, 0.15) is 0 Å². The second kappa shape index (κ2) is 2.84. The Hall–Kier alpha value is -1.15. The molecule has 1 atom stereocenters. The lowest BCUT2D eigenvalue weighted by Crippen LogP contribution is -2.30. The zero-order valence-corrected chi connectivity index (χ0v) is 6.62. The first kappa shape index (κ1) is 7.95. The molecule has 0 saturated carbocycles. The summed E-state index contributed by atoms with van der Waals surface area (Å²) in [4.78, 5) is 4.12. The molecule has 0 aliphatic rings. The van der Waals surface area contributed by atoms with Gasteiger partial charge in [0.15, 0.2) is 0 Å². The lowest BCUT2D eigenvalue weighted by Gasteiger charge is -2.18. The zero-order valence-electron chi connectivity index (χ0n) is 6.62. The van der Waals surface area contributed by atoms with Crippen LogP contribution in [-0.2, 0) is 5.54 Å². The van der Waals surface area contributed by atoms with Gasteiger partial charge >= 0.3 is 0 Å². The molecule has 1 heterocycles. The molecule has 0 aliphatic heterocycles. The van der Waals surface area contributed by atoms with E-state index >= 15 is 0 Å². The van der Waals surface area contributed by atoms with Crippen molar-refractivity contribution in [3.8, 4) is 0 Å². The summed E-state index contributed by atoms with van der Waals surface area (Å²) in [5.41, 5.74) is 6.19. The van der Waals surface area contributed by atoms with Crippen molar-refractivity contribution in [2.45, 2.75) is 12.5 Å². The van der Waals surface area contributed by atoms with E-state index < -0.39 is 5.54 Å². The van der Waals surface area contributed by atoms with Crippen molar-refractivity contribution < 1.29 is 0 Å². The van der Waals surface area contributed by atoms with Crippen molar-refractivity contribution in [1.29, 1.82) is 0 Å². The van der Waals surface area contributed by atoms with E-state index in [-0.39, 0.29) is 0 Å². The molecule has 0 fully saturated rings. The van der Waals surface area contributed by atoms with E-state index in [9.17, 15) is 0 Å². The van der Waals surface area contributed by atoms with Crippen molar-refractivity contribution in [2.24, 2.45) is 5.73 Å². The quantitative estimate of drug-likeness (QED) is 0.644. The molecular formula is C9H12N2. The normalized spacial score (nSPS) is 15.5. The van der Waals surface area contributed by atoms with E-state index in [4.69, 9.17) is 5.73 Å². The van der Waals surface area contributed by atoms with Crippen LogP contribution in [-0.4, -0.2) is 4.98 Å². The van der Waals surface area contributed by atoms with Crippen LogP contribution in [0.4, 0.5) is 0 Å². The molecule has 0 saturated heterocycles. The molecular weight excluding hydrogens is 136 g/mol. The maximum atomic E-state index is 5.86. The first-order chi connectivity index (χ1) is 5.17. The van der Waals surface area contributed by atoms with Crippen LogP contribution in [0, 0.1) is 0 Å². The Morgan fingerprint density at radius 2 is 2.36 bits per heavy atom. The third kappa shape index (κ3) is 1.65. The Bertz CT molecular complexity index is 239. The second-order valence-corrected chi connectivity index (χ2v) is 2.70. The number of nitrogens with two attached hydrogens (primary N) is 1. The molecule has 0 aliphatic carbocycles. The third-order valence-corrected chi connectivity index (χ3v) is 1.64. The molecule has 2 nitrogen and oxygen atoms in total. The third-order valence-electron chi connectivity index (χ3n) is 1.64. The van der Waals surface area contributed by atoms with Crippen molar-refractivity contribution in [2.75, 3.05) is 0 Å². The minimum Gasteiger partial charge on any atom is -0.317 e. The van der Waals surface area contributed by atoms with E-state index in [2.05, 4.69) is 11.6 Å². The summed E-state index contributed by atoms with van der Waals surface area (Å²) in [6.45, 7) is 5.52. The molecule has 1 aromatic heterocycles. The largest absolute Gasteiger partial charge is 0.317 e. The van der Waals surface area contributed by atoms with Gasteiger partial charge in [-0.15, -0.1) is 6.58 Å². The summed E-state index contributed by atoms with van der Waals surface area (Å²) in [6, 6.07) is 5.67. The average molecular weight is 148 g/mol. The molecule has 1 aromatic rings. The monoisotopic (exact) mass is 148 g/mol. The molecule has 0 spiro atoms. The topological polar surface area (TPSA) is 38.9 Å². The van der Waals surface area contributed by atoms with Gasteiger partial charge in [0.2, 0.25) is 0 Å². The van der Waals surface area contributed by atoms with E-state index in [0.29, 0.717) is 0 Å². The van der Waals surface area contributed by atoms with Gasteiger partial charge in [-0.25, -0.2) is 0 Å². The molecule has 58 valence electrons. The molecule has 0 bridgehead atoms. The first-order valence-corrected chi connectivity index (χ1v) is 3.51. The van der Waals surface area contributed by atoms with Gasteiger partial charge in [0.05, 0.1) is 11.2 Å². The molecule has 11 heavy (non-hydrogen) atoms. The minimum atomic E-state index is -0.513. The summed E-state index contributed by atoms with van der Waals surface area (Å²) in [5.74, 6) is 0. The van der Waals surface area contributed by atoms with Gasteiger partial charge < -0.3 is 5.73 Å². The summed E-state index contributed by atoms with van der Waals surface area (Å²) < 4.78 is 0. The fourth-order valence-corrected chi connectivity index (χ4v) is 0.786. The van der Waals surface area contributed by atoms with E-state index in [1.165, 1.54) is 0 Å². The highest BCUT2D eigenvalue weighted by Gasteiger charge is 2.16. The lowest BCUT2D eigenvalue weighted by molar-refractivity contribution is 0.608. The van der Waals surface area contributed by atoms with Gasteiger partial charge in [-0.2, -0.15) is 0 Å². The fourth-order valence-electron chi connectivity index (χ4n) is 0.786. The minimum absolute atomic E-state index is 0.513. The number of rotatable bonds is 2.